The van der Waals surface area contributed by atoms with E-state index in [2.05, 4.69) is 30.2 Å². The summed E-state index contributed by atoms with van der Waals surface area (Å²) < 4.78 is 2.05. The van der Waals surface area contributed by atoms with Crippen LogP contribution < -0.4 is 5.32 Å². The first-order chi connectivity index (χ1) is 9.11. The Morgan fingerprint density at radius 1 is 1.37 bits per heavy atom. The van der Waals surface area contributed by atoms with Gasteiger partial charge in [0.05, 0.1) is 6.04 Å². The highest BCUT2D eigenvalue weighted by Gasteiger charge is 2.18. The fraction of sp³-hybridized carbons (Fsp3) is 0.400. The Morgan fingerprint density at radius 3 is 2.74 bits per heavy atom. The topological polar surface area (TPSA) is 29.9 Å². The van der Waals surface area contributed by atoms with E-state index in [-0.39, 0.29) is 6.04 Å². The zero-order valence-corrected chi connectivity index (χ0v) is 12.4. The minimum atomic E-state index is 0.0809. The van der Waals surface area contributed by atoms with Crippen LogP contribution >= 0.6 is 11.6 Å². The summed E-state index contributed by atoms with van der Waals surface area (Å²) in [5.74, 6) is 1.01. The highest BCUT2D eigenvalue weighted by molar-refractivity contribution is 6.30. The molecular formula is C15H20ClN3. The van der Waals surface area contributed by atoms with Gasteiger partial charge >= 0.3 is 0 Å². The number of benzene rings is 1. The van der Waals surface area contributed by atoms with Crippen LogP contribution in [-0.2, 0) is 7.05 Å². The number of hydrogen-bond acceptors (Lipinski definition) is 2. The van der Waals surface area contributed by atoms with Crippen LogP contribution in [0.2, 0.25) is 5.02 Å². The number of halogens is 1. The van der Waals surface area contributed by atoms with Gasteiger partial charge in [-0.25, -0.2) is 4.98 Å². The summed E-state index contributed by atoms with van der Waals surface area (Å²) in [7, 11) is 2.01. The third-order valence-corrected chi connectivity index (χ3v) is 3.33. The Hall–Kier alpha value is -1.32. The standard InChI is InChI=1S/C15H20ClN3/c1-4-5-17-14(15-18-6-7-19(15)3)12-8-11(2)9-13(16)10-12/h6-10,14,17H,4-5H2,1-3H3. The zero-order valence-electron chi connectivity index (χ0n) is 11.7. The van der Waals surface area contributed by atoms with Gasteiger partial charge in [0, 0.05) is 24.5 Å². The van der Waals surface area contributed by atoms with Crippen molar-refractivity contribution in [2.45, 2.75) is 26.3 Å². The number of rotatable bonds is 5. The van der Waals surface area contributed by atoms with Crippen LogP contribution in [0.25, 0.3) is 0 Å². The van der Waals surface area contributed by atoms with Crippen LogP contribution in [0.4, 0.5) is 0 Å². The van der Waals surface area contributed by atoms with Crippen LogP contribution in [0, 0.1) is 6.92 Å². The van der Waals surface area contributed by atoms with Gasteiger partial charge in [0.2, 0.25) is 0 Å². The molecule has 0 fully saturated rings. The van der Waals surface area contributed by atoms with Crippen molar-refractivity contribution < 1.29 is 0 Å². The van der Waals surface area contributed by atoms with E-state index in [1.807, 2.05) is 36.1 Å². The lowest BCUT2D eigenvalue weighted by Gasteiger charge is -2.19. The van der Waals surface area contributed by atoms with Crippen molar-refractivity contribution in [3.05, 3.63) is 52.6 Å². The van der Waals surface area contributed by atoms with E-state index in [0.717, 1.165) is 29.4 Å². The predicted molar refractivity (Wildman–Crippen MR) is 79.5 cm³/mol. The number of nitrogens with one attached hydrogen (secondary N) is 1. The van der Waals surface area contributed by atoms with Crippen LogP contribution in [0.1, 0.15) is 36.3 Å². The van der Waals surface area contributed by atoms with Crippen molar-refractivity contribution in [1.82, 2.24) is 14.9 Å². The first-order valence-corrected chi connectivity index (χ1v) is 6.97. The smallest absolute Gasteiger partial charge is 0.130 e. The fourth-order valence-electron chi connectivity index (χ4n) is 2.23. The van der Waals surface area contributed by atoms with Gasteiger partial charge in [-0.3, -0.25) is 0 Å². The second kappa shape index (κ2) is 6.22. The molecule has 2 rings (SSSR count). The molecular weight excluding hydrogens is 258 g/mol. The maximum Gasteiger partial charge on any atom is 0.130 e. The van der Waals surface area contributed by atoms with Gasteiger partial charge in [-0.1, -0.05) is 24.6 Å². The van der Waals surface area contributed by atoms with Gasteiger partial charge in [-0.05, 0) is 43.1 Å². The largest absolute Gasteiger partial charge is 0.336 e. The van der Waals surface area contributed by atoms with Gasteiger partial charge in [0.25, 0.3) is 0 Å². The summed E-state index contributed by atoms with van der Waals surface area (Å²) >= 11 is 6.17. The molecule has 1 N–H and O–H groups in total. The normalized spacial score (nSPS) is 12.6. The van der Waals surface area contributed by atoms with Crippen LogP contribution in [-0.4, -0.2) is 16.1 Å². The molecule has 2 aromatic rings. The molecule has 0 spiro atoms. The van der Waals surface area contributed by atoms with Gasteiger partial charge < -0.3 is 9.88 Å². The fourth-order valence-corrected chi connectivity index (χ4v) is 2.53. The Balaban J connectivity index is 2.39. The van der Waals surface area contributed by atoms with E-state index in [1.54, 1.807) is 0 Å². The Bertz CT molecular complexity index is 528. The molecule has 19 heavy (non-hydrogen) atoms. The van der Waals surface area contributed by atoms with E-state index in [0.29, 0.717) is 0 Å². The molecule has 0 saturated heterocycles. The van der Waals surface area contributed by atoms with Gasteiger partial charge in [-0.2, -0.15) is 0 Å². The number of aryl methyl sites for hydroxylation is 2. The van der Waals surface area contributed by atoms with Crippen molar-refractivity contribution in [3.8, 4) is 0 Å². The molecule has 0 saturated carbocycles. The first kappa shape index (κ1) is 14.1. The summed E-state index contributed by atoms with van der Waals surface area (Å²) in [5, 5.41) is 4.31. The molecule has 0 aliphatic carbocycles. The molecule has 102 valence electrons. The van der Waals surface area contributed by atoms with Crippen molar-refractivity contribution in [3.63, 3.8) is 0 Å². The van der Waals surface area contributed by atoms with Gasteiger partial charge in [-0.15, -0.1) is 0 Å². The molecule has 3 nitrogen and oxygen atoms in total. The van der Waals surface area contributed by atoms with Gasteiger partial charge in [0.15, 0.2) is 0 Å². The minimum absolute atomic E-state index is 0.0809. The molecule has 0 bridgehead atoms. The molecule has 0 amide bonds. The number of nitrogens with zero attached hydrogens (tertiary/aromatic N) is 2. The van der Waals surface area contributed by atoms with E-state index >= 15 is 0 Å². The lowest BCUT2D eigenvalue weighted by molar-refractivity contribution is 0.555. The van der Waals surface area contributed by atoms with E-state index < -0.39 is 0 Å². The Kier molecular flexibility index (Phi) is 4.61. The monoisotopic (exact) mass is 277 g/mol. The lowest BCUT2D eigenvalue weighted by Crippen LogP contribution is -2.25. The third kappa shape index (κ3) is 3.37. The third-order valence-electron chi connectivity index (χ3n) is 3.11. The molecule has 1 aromatic heterocycles. The van der Waals surface area contributed by atoms with E-state index in [9.17, 15) is 0 Å². The second-order valence-corrected chi connectivity index (χ2v) is 5.28. The highest BCUT2D eigenvalue weighted by Crippen LogP contribution is 2.24. The van der Waals surface area contributed by atoms with Crippen LogP contribution in [0.15, 0.2) is 30.6 Å². The van der Waals surface area contributed by atoms with E-state index in [4.69, 9.17) is 11.6 Å². The Labute approximate surface area is 119 Å². The SMILES string of the molecule is CCCNC(c1cc(C)cc(Cl)c1)c1nccn1C. The zero-order chi connectivity index (χ0) is 13.8. The number of hydrogen-bond donors (Lipinski definition) is 1. The highest BCUT2D eigenvalue weighted by atomic mass is 35.5. The summed E-state index contributed by atoms with van der Waals surface area (Å²) in [4.78, 5) is 4.46. The molecule has 0 radical (unpaired) electrons. The molecule has 1 atom stereocenters. The van der Waals surface area contributed by atoms with Crippen molar-refractivity contribution in [1.29, 1.82) is 0 Å². The predicted octanol–water partition coefficient (Wildman–Crippen LogP) is 3.47. The van der Waals surface area contributed by atoms with Crippen LogP contribution in [0.5, 0.6) is 0 Å². The van der Waals surface area contributed by atoms with Crippen LogP contribution in [0.3, 0.4) is 0 Å². The molecule has 1 heterocycles. The average Bonchev–Trinajstić information content (AvgIpc) is 2.75. The molecule has 1 aromatic carbocycles. The summed E-state index contributed by atoms with van der Waals surface area (Å²) in [5.41, 5.74) is 2.33. The minimum Gasteiger partial charge on any atom is -0.336 e. The summed E-state index contributed by atoms with van der Waals surface area (Å²) in [6, 6.07) is 6.22. The maximum atomic E-state index is 6.17. The van der Waals surface area contributed by atoms with Crippen molar-refractivity contribution in [2.75, 3.05) is 6.54 Å². The second-order valence-electron chi connectivity index (χ2n) is 4.85. The van der Waals surface area contributed by atoms with Gasteiger partial charge in [0.1, 0.15) is 5.82 Å². The first-order valence-electron chi connectivity index (χ1n) is 6.59. The quantitative estimate of drug-likeness (QED) is 0.907. The summed E-state index contributed by atoms with van der Waals surface area (Å²) in [6.07, 6.45) is 4.88. The number of aromatic nitrogens is 2. The molecule has 4 heteroatoms. The average molecular weight is 278 g/mol. The molecule has 0 aliphatic rings. The van der Waals surface area contributed by atoms with Crippen molar-refractivity contribution in [2.24, 2.45) is 7.05 Å². The van der Waals surface area contributed by atoms with E-state index in [1.165, 1.54) is 5.56 Å². The Morgan fingerprint density at radius 2 is 2.16 bits per heavy atom. The lowest BCUT2D eigenvalue weighted by atomic mass is 10.0. The van der Waals surface area contributed by atoms with Crippen molar-refractivity contribution >= 4 is 11.6 Å². The summed E-state index contributed by atoms with van der Waals surface area (Å²) in [6.45, 7) is 5.17. The molecule has 0 aliphatic heterocycles. The molecule has 1 unspecified atom stereocenters. The maximum absolute atomic E-state index is 6.17. The number of imidazole rings is 1.